The van der Waals surface area contributed by atoms with E-state index < -0.39 is 29.5 Å². The van der Waals surface area contributed by atoms with E-state index in [9.17, 15) is 13.6 Å². The van der Waals surface area contributed by atoms with Crippen molar-refractivity contribution in [3.8, 4) is 5.75 Å². The first-order chi connectivity index (χ1) is 6.52. The van der Waals surface area contributed by atoms with Crippen molar-refractivity contribution in [1.82, 2.24) is 0 Å². The second-order valence-electron chi connectivity index (χ2n) is 2.65. The van der Waals surface area contributed by atoms with Gasteiger partial charge in [-0.15, -0.1) is 0 Å². The highest BCUT2D eigenvalue weighted by Gasteiger charge is 2.17. The number of carboxylic acids is 1. The topological polar surface area (TPSA) is 46.5 Å². The Morgan fingerprint density at radius 3 is 2.36 bits per heavy atom. The molecule has 0 spiro atoms. The van der Waals surface area contributed by atoms with Crippen LogP contribution in [-0.2, 0) is 4.79 Å². The first-order valence-electron chi connectivity index (χ1n) is 3.86. The van der Waals surface area contributed by atoms with Crippen LogP contribution in [0.25, 0.3) is 0 Å². The molecule has 5 heteroatoms. The highest BCUT2D eigenvalue weighted by Crippen LogP contribution is 2.21. The fourth-order valence-corrected chi connectivity index (χ4v) is 0.822. The number of hydrogen-bond acceptors (Lipinski definition) is 2. The van der Waals surface area contributed by atoms with Gasteiger partial charge in [-0.05, 0) is 19.1 Å². The van der Waals surface area contributed by atoms with E-state index in [4.69, 9.17) is 5.11 Å². The second-order valence-corrected chi connectivity index (χ2v) is 2.65. The Morgan fingerprint density at radius 2 is 1.93 bits per heavy atom. The van der Waals surface area contributed by atoms with Crippen LogP contribution in [0, 0.1) is 11.6 Å². The van der Waals surface area contributed by atoms with Crippen LogP contribution in [0.4, 0.5) is 8.78 Å². The molecule has 3 nitrogen and oxygen atoms in total. The summed E-state index contributed by atoms with van der Waals surface area (Å²) < 4.78 is 30.4. The number of benzene rings is 1. The van der Waals surface area contributed by atoms with Gasteiger partial charge < -0.3 is 9.84 Å². The van der Waals surface area contributed by atoms with E-state index in [2.05, 4.69) is 4.74 Å². The first-order valence-corrected chi connectivity index (χ1v) is 3.86. The normalized spacial score (nSPS) is 12.2. The van der Waals surface area contributed by atoms with Crippen molar-refractivity contribution in [2.24, 2.45) is 0 Å². The molecule has 0 aliphatic heterocycles. The third-order valence-corrected chi connectivity index (χ3v) is 1.56. The monoisotopic (exact) mass is 202 g/mol. The van der Waals surface area contributed by atoms with Crippen molar-refractivity contribution in [2.75, 3.05) is 0 Å². The van der Waals surface area contributed by atoms with Crippen molar-refractivity contribution in [2.45, 2.75) is 13.0 Å². The quantitative estimate of drug-likeness (QED) is 0.813. The molecule has 0 amide bonds. The lowest BCUT2D eigenvalue weighted by molar-refractivity contribution is -0.144. The largest absolute Gasteiger partial charge is 0.479 e. The summed E-state index contributed by atoms with van der Waals surface area (Å²) in [6.45, 7) is 1.19. The van der Waals surface area contributed by atoms with E-state index in [1.807, 2.05) is 0 Å². The zero-order chi connectivity index (χ0) is 10.7. The Balaban J connectivity index is 2.91. The molecule has 1 atom stereocenters. The first kappa shape index (κ1) is 10.4. The minimum Gasteiger partial charge on any atom is -0.479 e. The number of ether oxygens (including phenoxy) is 1. The van der Waals surface area contributed by atoms with E-state index in [0.717, 1.165) is 12.1 Å². The average Bonchev–Trinajstić information content (AvgIpc) is 2.11. The SMILES string of the molecule is CC(Oc1c(F)cccc1F)C(=O)O. The summed E-state index contributed by atoms with van der Waals surface area (Å²) >= 11 is 0. The Labute approximate surface area is 78.9 Å². The van der Waals surface area contributed by atoms with Crippen LogP contribution in [0.2, 0.25) is 0 Å². The molecule has 76 valence electrons. The number of aliphatic carboxylic acids is 1. The van der Waals surface area contributed by atoms with Gasteiger partial charge in [0.1, 0.15) is 0 Å². The number of rotatable bonds is 3. The highest BCUT2D eigenvalue weighted by molar-refractivity contribution is 5.72. The number of hydrogen-bond donors (Lipinski definition) is 1. The van der Waals surface area contributed by atoms with Gasteiger partial charge in [0.25, 0.3) is 0 Å². The molecular weight excluding hydrogens is 194 g/mol. The molecule has 0 heterocycles. The molecule has 0 aromatic heterocycles. The predicted molar refractivity (Wildman–Crippen MR) is 44.1 cm³/mol. The van der Waals surface area contributed by atoms with E-state index in [-0.39, 0.29) is 0 Å². The molecule has 1 aromatic carbocycles. The van der Waals surface area contributed by atoms with Gasteiger partial charge in [0.2, 0.25) is 0 Å². The van der Waals surface area contributed by atoms with Gasteiger partial charge in [0, 0.05) is 0 Å². The van der Waals surface area contributed by atoms with Gasteiger partial charge in [-0.3, -0.25) is 0 Å². The van der Waals surface area contributed by atoms with Crippen molar-refractivity contribution >= 4 is 5.97 Å². The molecule has 1 rings (SSSR count). The van der Waals surface area contributed by atoms with Crippen LogP contribution < -0.4 is 4.74 Å². The zero-order valence-electron chi connectivity index (χ0n) is 7.33. The number of carbonyl (C=O) groups is 1. The van der Waals surface area contributed by atoms with Crippen LogP contribution in [0.3, 0.4) is 0 Å². The van der Waals surface area contributed by atoms with E-state index in [1.54, 1.807) is 0 Å². The molecule has 0 fully saturated rings. The Hall–Kier alpha value is -1.65. The summed E-state index contributed by atoms with van der Waals surface area (Å²) in [5.41, 5.74) is 0. The Kier molecular flexibility index (Phi) is 3.01. The molecule has 1 aromatic rings. The van der Waals surface area contributed by atoms with Crippen LogP contribution >= 0.6 is 0 Å². The van der Waals surface area contributed by atoms with Crippen LogP contribution in [0.1, 0.15) is 6.92 Å². The molecule has 14 heavy (non-hydrogen) atoms. The maximum atomic E-state index is 12.9. The zero-order valence-corrected chi connectivity index (χ0v) is 7.33. The van der Waals surface area contributed by atoms with Gasteiger partial charge in [0.15, 0.2) is 23.5 Å². The summed E-state index contributed by atoms with van der Waals surface area (Å²) in [5.74, 6) is -3.79. The second kappa shape index (κ2) is 4.04. The molecule has 0 radical (unpaired) electrons. The van der Waals surface area contributed by atoms with Crippen LogP contribution in [0.15, 0.2) is 18.2 Å². The van der Waals surface area contributed by atoms with Gasteiger partial charge in [-0.25, -0.2) is 13.6 Å². The molecule has 0 bridgehead atoms. The Morgan fingerprint density at radius 1 is 1.43 bits per heavy atom. The van der Waals surface area contributed by atoms with E-state index in [1.165, 1.54) is 13.0 Å². The van der Waals surface area contributed by atoms with Crippen molar-refractivity contribution < 1.29 is 23.4 Å². The Bertz CT molecular complexity index is 332. The number of halogens is 2. The lowest BCUT2D eigenvalue weighted by Crippen LogP contribution is -2.23. The molecule has 0 saturated carbocycles. The third kappa shape index (κ3) is 2.18. The smallest absolute Gasteiger partial charge is 0.344 e. The maximum absolute atomic E-state index is 12.9. The summed E-state index contributed by atoms with van der Waals surface area (Å²) in [7, 11) is 0. The lowest BCUT2D eigenvalue weighted by Gasteiger charge is -2.11. The molecule has 0 saturated heterocycles. The van der Waals surface area contributed by atoms with Gasteiger partial charge in [-0.1, -0.05) is 6.07 Å². The third-order valence-electron chi connectivity index (χ3n) is 1.56. The molecule has 1 unspecified atom stereocenters. The molecular formula is C9H8F2O3. The molecule has 1 N–H and O–H groups in total. The summed E-state index contributed by atoms with van der Waals surface area (Å²) in [4.78, 5) is 10.4. The van der Waals surface area contributed by atoms with Gasteiger partial charge >= 0.3 is 5.97 Å². The highest BCUT2D eigenvalue weighted by atomic mass is 19.1. The van der Waals surface area contributed by atoms with Gasteiger partial charge in [0.05, 0.1) is 0 Å². The van der Waals surface area contributed by atoms with Crippen molar-refractivity contribution in [1.29, 1.82) is 0 Å². The minimum atomic E-state index is -1.29. The van der Waals surface area contributed by atoms with E-state index >= 15 is 0 Å². The number of carboxylic acid groups (broad SMARTS) is 1. The minimum absolute atomic E-state index is 0.664. The van der Waals surface area contributed by atoms with E-state index in [0.29, 0.717) is 0 Å². The van der Waals surface area contributed by atoms with Gasteiger partial charge in [-0.2, -0.15) is 0 Å². The molecule has 0 aliphatic carbocycles. The summed E-state index contributed by atoms with van der Waals surface area (Å²) in [6.07, 6.45) is -1.29. The van der Waals surface area contributed by atoms with Crippen LogP contribution in [-0.4, -0.2) is 17.2 Å². The predicted octanol–water partition coefficient (Wildman–Crippen LogP) is 1.82. The summed E-state index contributed by atoms with van der Waals surface area (Å²) in [6, 6.07) is 3.16. The van der Waals surface area contributed by atoms with Crippen LogP contribution in [0.5, 0.6) is 5.75 Å². The standard InChI is InChI=1S/C9H8F2O3/c1-5(9(12)13)14-8-6(10)3-2-4-7(8)11/h2-5H,1H3,(H,12,13). The number of para-hydroxylation sites is 1. The fourth-order valence-electron chi connectivity index (χ4n) is 0.822. The average molecular weight is 202 g/mol. The van der Waals surface area contributed by atoms with Crippen molar-refractivity contribution in [3.05, 3.63) is 29.8 Å². The molecule has 0 aliphatic rings. The lowest BCUT2D eigenvalue weighted by atomic mass is 10.3. The maximum Gasteiger partial charge on any atom is 0.344 e. The summed E-state index contributed by atoms with van der Waals surface area (Å²) in [5, 5.41) is 8.46. The van der Waals surface area contributed by atoms with Crippen molar-refractivity contribution in [3.63, 3.8) is 0 Å². The fraction of sp³-hybridized carbons (Fsp3) is 0.222.